The zero-order valence-corrected chi connectivity index (χ0v) is 24.4. The van der Waals surface area contributed by atoms with E-state index in [-0.39, 0.29) is 51.7 Å². The first-order chi connectivity index (χ1) is 18.5. The van der Waals surface area contributed by atoms with E-state index in [4.69, 9.17) is 9.47 Å². The van der Waals surface area contributed by atoms with Gasteiger partial charge >= 0.3 is 0 Å². The quantitative estimate of drug-likeness (QED) is 0.240. The monoisotopic (exact) mass is 672 g/mol. The van der Waals surface area contributed by atoms with Crippen molar-refractivity contribution in [1.82, 2.24) is 19.6 Å². The molecule has 1 aliphatic rings. The van der Waals surface area contributed by atoms with Gasteiger partial charge in [0.2, 0.25) is 5.75 Å². The number of nitrogens with one attached hydrogen (secondary N) is 4. The summed E-state index contributed by atoms with van der Waals surface area (Å²) in [5.41, 5.74) is -0.421. The predicted octanol–water partition coefficient (Wildman–Crippen LogP) is 3.15. The molecule has 12 nitrogen and oxygen atoms in total. The number of benzene rings is 1. The highest BCUT2D eigenvalue weighted by Gasteiger charge is 2.31. The summed E-state index contributed by atoms with van der Waals surface area (Å²) in [5.74, 6) is -1.53. The van der Waals surface area contributed by atoms with Crippen LogP contribution in [0.4, 0.5) is 21.7 Å². The Kier molecular flexibility index (Phi) is 8.31. The summed E-state index contributed by atoms with van der Waals surface area (Å²) in [6, 6.07) is 5.84. The van der Waals surface area contributed by atoms with Gasteiger partial charge in [-0.05, 0) is 60.6 Å². The number of halogens is 2. The van der Waals surface area contributed by atoms with Crippen molar-refractivity contribution in [2.24, 2.45) is 7.05 Å². The average Bonchev–Trinajstić information content (AvgIpc) is 3.70. The summed E-state index contributed by atoms with van der Waals surface area (Å²) in [6.45, 7) is 1.49. The van der Waals surface area contributed by atoms with Gasteiger partial charge in [0.05, 0.1) is 18.4 Å². The van der Waals surface area contributed by atoms with Crippen LogP contribution in [-0.2, 0) is 17.3 Å². The third-order valence-electron chi connectivity index (χ3n) is 5.87. The van der Waals surface area contributed by atoms with E-state index in [2.05, 4.69) is 25.1 Å². The molecule has 4 N–H and O–H groups in total. The van der Waals surface area contributed by atoms with E-state index in [0.717, 1.165) is 12.8 Å². The smallest absolute Gasteiger partial charge is 0.300 e. The first kappa shape index (κ1) is 28.6. The molecule has 2 aromatic heterocycles. The fraction of sp³-hybridized carbons (Fsp3) is 0.292. The molecule has 15 heteroatoms. The van der Waals surface area contributed by atoms with Crippen LogP contribution in [0.5, 0.6) is 17.2 Å². The van der Waals surface area contributed by atoms with Gasteiger partial charge < -0.3 is 20.1 Å². The molecule has 3 aromatic rings. The van der Waals surface area contributed by atoms with E-state index >= 15 is 0 Å². The SMILES string of the molecule is CNS(=O)(=O)Nc1nccc(Oc2c(C(=O)NC3CC3)c(Nc3ccc(I)cc3F)n(C)c(=O)c2C)c1OC. The second-order valence-corrected chi connectivity index (χ2v) is 11.5. The highest BCUT2D eigenvalue weighted by atomic mass is 127. The van der Waals surface area contributed by atoms with Crippen LogP contribution in [0.1, 0.15) is 28.8 Å². The Hall–Kier alpha value is -3.44. The molecule has 1 saturated carbocycles. The Morgan fingerprint density at radius 2 is 1.95 bits per heavy atom. The molecule has 1 amide bonds. The van der Waals surface area contributed by atoms with Gasteiger partial charge in [-0.3, -0.25) is 18.9 Å². The van der Waals surface area contributed by atoms with Crippen LogP contribution in [0.2, 0.25) is 0 Å². The van der Waals surface area contributed by atoms with Crippen molar-refractivity contribution < 1.29 is 27.1 Å². The van der Waals surface area contributed by atoms with Crippen LogP contribution in [0, 0.1) is 16.3 Å². The van der Waals surface area contributed by atoms with Gasteiger partial charge in [0.1, 0.15) is 17.2 Å². The van der Waals surface area contributed by atoms with Gasteiger partial charge in [-0.15, -0.1) is 0 Å². The maximum absolute atomic E-state index is 14.8. The second-order valence-electron chi connectivity index (χ2n) is 8.64. The van der Waals surface area contributed by atoms with Crippen LogP contribution in [0.3, 0.4) is 0 Å². The average molecular weight is 672 g/mol. The minimum Gasteiger partial charge on any atom is -0.490 e. The first-order valence-corrected chi connectivity index (χ1v) is 14.2. The molecule has 208 valence electrons. The molecule has 0 bridgehead atoms. The number of hydrogen-bond acceptors (Lipinski definition) is 8. The molecule has 0 unspecified atom stereocenters. The van der Waals surface area contributed by atoms with E-state index in [1.807, 2.05) is 22.6 Å². The maximum atomic E-state index is 14.8. The molecular formula is C24H26FIN6O6S. The lowest BCUT2D eigenvalue weighted by atomic mass is 10.1. The Labute approximate surface area is 237 Å². The normalized spacial score (nSPS) is 13.1. The Morgan fingerprint density at radius 1 is 1.23 bits per heavy atom. The molecule has 1 aromatic carbocycles. The van der Waals surface area contributed by atoms with E-state index < -0.39 is 27.5 Å². The molecule has 0 aliphatic heterocycles. The van der Waals surface area contributed by atoms with Crippen molar-refractivity contribution in [2.45, 2.75) is 25.8 Å². The summed E-state index contributed by atoms with van der Waals surface area (Å²) >= 11 is 1.97. The molecule has 2 heterocycles. The van der Waals surface area contributed by atoms with Crippen molar-refractivity contribution in [1.29, 1.82) is 0 Å². The molecule has 0 atom stereocenters. The molecule has 0 saturated heterocycles. The summed E-state index contributed by atoms with van der Waals surface area (Å²) < 4.78 is 56.6. The van der Waals surface area contributed by atoms with Crippen LogP contribution < -0.4 is 35.1 Å². The number of carbonyl (C=O) groups is 1. The summed E-state index contributed by atoms with van der Waals surface area (Å²) in [4.78, 5) is 30.8. The van der Waals surface area contributed by atoms with Gasteiger partial charge in [-0.1, -0.05) is 0 Å². The van der Waals surface area contributed by atoms with Crippen molar-refractivity contribution in [2.75, 3.05) is 24.2 Å². The number of aromatic nitrogens is 2. The molecule has 0 radical (unpaired) electrons. The van der Waals surface area contributed by atoms with Crippen LogP contribution in [-0.4, -0.2) is 44.1 Å². The highest BCUT2D eigenvalue weighted by Crippen LogP contribution is 2.40. The van der Waals surface area contributed by atoms with Gasteiger partial charge in [-0.25, -0.2) is 14.1 Å². The van der Waals surface area contributed by atoms with Crippen LogP contribution in [0.15, 0.2) is 35.3 Å². The largest absolute Gasteiger partial charge is 0.490 e. The molecule has 1 aliphatic carbocycles. The highest BCUT2D eigenvalue weighted by molar-refractivity contribution is 14.1. The number of rotatable bonds is 10. The van der Waals surface area contributed by atoms with Crippen molar-refractivity contribution >= 4 is 56.0 Å². The molecule has 4 rings (SSSR count). The number of nitrogens with zero attached hydrogens (tertiary/aromatic N) is 2. The van der Waals surface area contributed by atoms with Crippen molar-refractivity contribution in [3.05, 3.63) is 61.3 Å². The molecule has 1 fully saturated rings. The fourth-order valence-electron chi connectivity index (χ4n) is 3.67. The van der Waals surface area contributed by atoms with Crippen molar-refractivity contribution in [3.63, 3.8) is 0 Å². The molecular weight excluding hydrogens is 646 g/mol. The molecule has 0 spiro atoms. The third-order valence-corrected chi connectivity index (χ3v) is 7.54. The minimum atomic E-state index is -3.95. The zero-order chi connectivity index (χ0) is 28.5. The Morgan fingerprint density at radius 3 is 2.56 bits per heavy atom. The second kappa shape index (κ2) is 11.4. The lowest BCUT2D eigenvalue weighted by molar-refractivity contribution is 0.0948. The number of methoxy groups -OCH3 is 1. The van der Waals surface area contributed by atoms with E-state index in [1.165, 1.54) is 57.1 Å². The summed E-state index contributed by atoms with van der Waals surface area (Å²) in [6.07, 6.45) is 2.87. The number of ether oxygens (including phenoxy) is 2. The topological polar surface area (TPSA) is 153 Å². The number of amides is 1. The lowest BCUT2D eigenvalue weighted by Gasteiger charge is -2.22. The van der Waals surface area contributed by atoms with Gasteiger partial charge in [0, 0.05) is 36.0 Å². The number of anilines is 3. The molecule has 39 heavy (non-hydrogen) atoms. The summed E-state index contributed by atoms with van der Waals surface area (Å²) in [7, 11) is 0.00169. The van der Waals surface area contributed by atoms with Crippen LogP contribution >= 0.6 is 22.6 Å². The number of pyridine rings is 2. The van der Waals surface area contributed by atoms with E-state index in [9.17, 15) is 22.4 Å². The van der Waals surface area contributed by atoms with Gasteiger partial charge in [0.25, 0.3) is 21.7 Å². The third kappa shape index (κ3) is 6.25. The van der Waals surface area contributed by atoms with E-state index in [0.29, 0.717) is 3.57 Å². The predicted molar refractivity (Wildman–Crippen MR) is 152 cm³/mol. The van der Waals surface area contributed by atoms with Gasteiger partial charge in [-0.2, -0.15) is 8.42 Å². The zero-order valence-electron chi connectivity index (χ0n) is 21.4. The van der Waals surface area contributed by atoms with Crippen molar-refractivity contribution in [3.8, 4) is 17.2 Å². The van der Waals surface area contributed by atoms with Gasteiger partial charge in [0.15, 0.2) is 17.3 Å². The standard InChI is InChI=1S/C24H26FIN6O6S/c1-12-19(38-17-9-10-28-21(20(17)37-4)31-39(35,36)27-2)18(23(33)29-14-6-7-14)22(32(3)24(12)34)30-16-8-5-13(26)11-15(16)25/h5,8-11,14,27,30H,6-7H2,1-4H3,(H,28,31)(H,29,33). The Bertz CT molecular complexity index is 1610. The first-order valence-electron chi connectivity index (χ1n) is 11.6. The number of hydrogen-bond donors (Lipinski definition) is 4. The number of carbonyl (C=O) groups excluding carboxylic acids is 1. The summed E-state index contributed by atoms with van der Waals surface area (Å²) in [5, 5.41) is 5.77. The Balaban J connectivity index is 1.89. The maximum Gasteiger partial charge on any atom is 0.300 e. The van der Waals surface area contributed by atoms with Crippen LogP contribution in [0.25, 0.3) is 0 Å². The van der Waals surface area contributed by atoms with E-state index in [1.54, 1.807) is 6.07 Å². The lowest BCUT2D eigenvalue weighted by Crippen LogP contribution is -2.31. The fourth-order valence-corrected chi connectivity index (χ4v) is 4.63. The minimum absolute atomic E-state index is 0.00277.